The summed E-state index contributed by atoms with van der Waals surface area (Å²) in [6.07, 6.45) is 0. The van der Waals surface area contributed by atoms with Gasteiger partial charge in [0.15, 0.2) is 5.82 Å². The van der Waals surface area contributed by atoms with Crippen LogP contribution in [0.25, 0.3) is 0 Å². The first kappa shape index (κ1) is 15.4. The summed E-state index contributed by atoms with van der Waals surface area (Å²) in [6.45, 7) is 1.78. The van der Waals surface area contributed by atoms with Crippen molar-refractivity contribution in [2.24, 2.45) is 0 Å². The fraction of sp³-hybridized carbons (Fsp3) is 0.133. The van der Waals surface area contributed by atoms with Crippen LogP contribution in [0.1, 0.15) is 15.9 Å². The average molecular weight is 355 g/mol. The Kier molecular flexibility index (Phi) is 4.57. The van der Waals surface area contributed by atoms with Crippen molar-refractivity contribution in [3.8, 4) is 0 Å². The number of hydrogen-bond acceptors (Lipinski definition) is 2. The van der Waals surface area contributed by atoms with Gasteiger partial charge in [-0.15, -0.1) is 0 Å². The maximum Gasteiger partial charge on any atom is 0.256 e. The van der Waals surface area contributed by atoms with Crippen molar-refractivity contribution >= 4 is 33.2 Å². The number of amides is 1. The van der Waals surface area contributed by atoms with Gasteiger partial charge in [0.2, 0.25) is 0 Å². The molecule has 0 heterocycles. The van der Waals surface area contributed by atoms with E-state index in [1.54, 1.807) is 26.1 Å². The van der Waals surface area contributed by atoms with Gasteiger partial charge in [0, 0.05) is 28.8 Å². The molecule has 0 unspecified atom stereocenters. The molecular formula is C15H13BrF2N2O. The van der Waals surface area contributed by atoms with Crippen molar-refractivity contribution in [2.45, 2.75) is 6.92 Å². The minimum Gasteiger partial charge on any atom is -0.388 e. The quantitative estimate of drug-likeness (QED) is 0.861. The lowest BCUT2D eigenvalue weighted by Crippen LogP contribution is -2.15. The van der Waals surface area contributed by atoms with E-state index < -0.39 is 17.5 Å². The molecule has 2 rings (SSSR count). The third-order valence-corrected chi connectivity index (χ3v) is 3.63. The standard InChI is InChI=1S/C15H13BrF2N2O/c1-8-5-10(19-2)3-4-11(8)15(21)20-14-12(16)6-9(17)7-13(14)18/h3-7,19H,1-2H3,(H,20,21). The summed E-state index contributed by atoms with van der Waals surface area (Å²) in [5, 5.41) is 5.42. The van der Waals surface area contributed by atoms with Crippen LogP contribution in [0.4, 0.5) is 20.2 Å². The van der Waals surface area contributed by atoms with E-state index in [0.29, 0.717) is 5.56 Å². The van der Waals surface area contributed by atoms with Gasteiger partial charge in [-0.3, -0.25) is 4.79 Å². The fourth-order valence-electron chi connectivity index (χ4n) is 1.92. The van der Waals surface area contributed by atoms with E-state index in [9.17, 15) is 13.6 Å². The van der Waals surface area contributed by atoms with E-state index in [1.807, 2.05) is 6.07 Å². The molecule has 0 aromatic heterocycles. The summed E-state index contributed by atoms with van der Waals surface area (Å²) >= 11 is 3.04. The lowest BCUT2D eigenvalue weighted by Gasteiger charge is -2.11. The summed E-state index contributed by atoms with van der Waals surface area (Å²) in [5.41, 5.74) is 1.96. The molecule has 1 amide bonds. The van der Waals surface area contributed by atoms with Crippen molar-refractivity contribution in [3.63, 3.8) is 0 Å². The van der Waals surface area contributed by atoms with E-state index in [-0.39, 0.29) is 10.2 Å². The molecule has 0 saturated heterocycles. The maximum atomic E-state index is 13.7. The fourth-order valence-corrected chi connectivity index (χ4v) is 2.42. The van der Waals surface area contributed by atoms with Gasteiger partial charge in [-0.25, -0.2) is 8.78 Å². The average Bonchev–Trinajstić information content (AvgIpc) is 2.42. The molecule has 0 aliphatic heterocycles. The smallest absolute Gasteiger partial charge is 0.256 e. The Morgan fingerprint density at radius 3 is 2.48 bits per heavy atom. The van der Waals surface area contributed by atoms with E-state index in [0.717, 1.165) is 23.4 Å². The Morgan fingerprint density at radius 2 is 1.90 bits per heavy atom. The van der Waals surface area contributed by atoms with Gasteiger partial charge in [-0.05, 0) is 52.7 Å². The minimum atomic E-state index is -0.834. The van der Waals surface area contributed by atoms with Crippen molar-refractivity contribution in [3.05, 3.63) is 57.6 Å². The molecule has 0 bridgehead atoms. The molecule has 0 saturated carbocycles. The van der Waals surface area contributed by atoms with E-state index in [1.165, 1.54) is 0 Å². The maximum absolute atomic E-state index is 13.7. The van der Waals surface area contributed by atoms with Gasteiger partial charge >= 0.3 is 0 Å². The molecule has 2 N–H and O–H groups in total. The van der Waals surface area contributed by atoms with Crippen LogP contribution in [0.5, 0.6) is 0 Å². The third-order valence-electron chi connectivity index (χ3n) is 3.01. The summed E-state index contributed by atoms with van der Waals surface area (Å²) in [5.74, 6) is -2.01. The molecule has 21 heavy (non-hydrogen) atoms. The molecule has 3 nitrogen and oxygen atoms in total. The molecule has 110 valence electrons. The number of hydrogen-bond donors (Lipinski definition) is 2. The molecule has 0 aliphatic rings. The second-order valence-corrected chi connectivity index (χ2v) is 5.33. The Bertz CT molecular complexity index is 681. The van der Waals surface area contributed by atoms with Crippen molar-refractivity contribution in [1.82, 2.24) is 0 Å². The first-order chi connectivity index (χ1) is 9.92. The van der Waals surface area contributed by atoms with Crippen molar-refractivity contribution in [1.29, 1.82) is 0 Å². The summed E-state index contributed by atoms with van der Waals surface area (Å²) < 4.78 is 26.9. The van der Waals surface area contributed by atoms with Crippen molar-refractivity contribution in [2.75, 3.05) is 17.7 Å². The highest BCUT2D eigenvalue weighted by Gasteiger charge is 2.15. The number of carbonyl (C=O) groups excluding carboxylic acids is 1. The van der Waals surface area contributed by atoms with Crippen LogP contribution in [0.3, 0.4) is 0 Å². The second-order valence-electron chi connectivity index (χ2n) is 4.48. The van der Waals surface area contributed by atoms with Gasteiger partial charge in [-0.1, -0.05) is 0 Å². The molecule has 0 radical (unpaired) electrons. The number of anilines is 2. The van der Waals surface area contributed by atoms with E-state index in [4.69, 9.17) is 0 Å². The molecule has 2 aromatic rings. The number of aryl methyl sites for hydroxylation is 1. The summed E-state index contributed by atoms with van der Waals surface area (Å²) in [4.78, 5) is 12.2. The van der Waals surface area contributed by atoms with E-state index in [2.05, 4.69) is 26.6 Å². The van der Waals surface area contributed by atoms with Crippen LogP contribution < -0.4 is 10.6 Å². The van der Waals surface area contributed by atoms with Crippen LogP contribution in [0, 0.1) is 18.6 Å². The van der Waals surface area contributed by atoms with Gasteiger partial charge in [-0.2, -0.15) is 0 Å². The summed E-state index contributed by atoms with van der Waals surface area (Å²) in [6, 6.07) is 7.02. The Hall–Kier alpha value is -1.95. The Morgan fingerprint density at radius 1 is 1.19 bits per heavy atom. The molecule has 0 aliphatic carbocycles. The second kappa shape index (κ2) is 6.22. The zero-order chi connectivity index (χ0) is 15.6. The molecule has 2 aromatic carbocycles. The minimum absolute atomic E-state index is 0.0847. The normalized spacial score (nSPS) is 10.3. The van der Waals surface area contributed by atoms with Gasteiger partial charge in [0.25, 0.3) is 5.91 Å². The Balaban J connectivity index is 2.30. The monoisotopic (exact) mass is 354 g/mol. The van der Waals surface area contributed by atoms with Gasteiger partial charge < -0.3 is 10.6 Å². The van der Waals surface area contributed by atoms with Crippen LogP contribution in [0.2, 0.25) is 0 Å². The Labute approximate surface area is 129 Å². The zero-order valence-electron chi connectivity index (χ0n) is 11.4. The highest BCUT2D eigenvalue weighted by molar-refractivity contribution is 9.10. The number of carbonyl (C=O) groups is 1. The predicted molar refractivity (Wildman–Crippen MR) is 82.7 cm³/mol. The van der Waals surface area contributed by atoms with Crippen molar-refractivity contribution < 1.29 is 13.6 Å². The molecule has 0 fully saturated rings. The number of halogens is 3. The number of nitrogens with one attached hydrogen (secondary N) is 2. The van der Waals surface area contributed by atoms with Gasteiger partial charge in [0.05, 0.1) is 5.69 Å². The van der Waals surface area contributed by atoms with Crippen LogP contribution >= 0.6 is 15.9 Å². The lowest BCUT2D eigenvalue weighted by molar-refractivity contribution is 0.102. The van der Waals surface area contributed by atoms with Crippen LogP contribution in [0.15, 0.2) is 34.8 Å². The largest absolute Gasteiger partial charge is 0.388 e. The predicted octanol–water partition coefficient (Wildman–Crippen LogP) is 4.33. The third kappa shape index (κ3) is 3.39. The molecule has 6 heteroatoms. The molecule has 0 atom stereocenters. The van der Waals surface area contributed by atoms with Gasteiger partial charge in [0.1, 0.15) is 5.82 Å². The molecule has 0 spiro atoms. The van der Waals surface area contributed by atoms with Crippen LogP contribution in [-0.4, -0.2) is 13.0 Å². The molecular weight excluding hydrogens is 342 g/mol. The zero-order valence-corrected chi connectivity index (χ0v) is 13.0. The first-order valence-electron chi connectivity index (χ1n) is 6.16. The SMILES string of the molecule is CNc1ccc(C(=O)Nc2c(F)cc(F)cc2Br)c(C)c1. The topological polar surface area (TPSA) is 41.1 Å². The van der Waals surface area contributed by atoms with Crippen LogP contribution in [-0.2, 0) is 0 Å². The highest BCUT2D eigenvalue weighted by atomic mass is 79.9. The van der Waals surface area contributed by atoms with E-state index >= 15 is 0 Å². The number of benzene rings is 2. The lowest BCUT2D eigenvalue weighted by atomic mass is 10.1. The number of rotatable bonds is 3. The summed E-state index contributed by atoms with van der Waals surface area (Å²) in [7, 11) is 1.78. The first-order valence-corrected chi connectivity index (χ1v) is 6.96. The highest BCUT2D eigenvalue weighted by Crippen LogP contribution is 2.27.